The topological polar surface area (TPSA) is 55.0 Å². The number of rotatable bonds is 7. The number of ketones is 1. The van der Waals surface area contributed by atoms with Gasteiger partial charge in [0.15, 0.2) is 5.16 Å². The molecule has 2 aromatic rings. The molecule has 0 unspecified atom stereocenters. The third kappa shape index (κ3) is 3.73. The SMILES string of the molecule is CCC(=O)CCCSc1nc2ccc(OC)cc2[nH]1. The fourth-order valence-corrected chi connectivity index (χ4v) is 2.60. The average molecular weight is 278 g/mol. The van der Waals surface area contributed by atoms with Gasteiger partial charge in [-0.3, -0.25) is 4.79 Å². The van der Waals surface area contributed by atoms with Gasteiger partial charge in [-0.2, -0.15) is 0 Å². The highest BCUT2D eigenvalue weighted by Crippen LogP contribution is 2.23. The predicted molar refractivity (Wildman–Crippen MR) is 77.9 cm³/mol. The standard InChI is InChI=1S/C14H18N2O2S/c1-3-10(17)5-4-8-19-14-15-12-7-6-11(18-2)9-13(12)16-14/h6-7,9H,3-5,8H2,1-2H3,(H,15,16). The molecule has 0 aliphatic rings. The van der Waals surface area contributed by atoms with Gasteiger partial charge in [-0.05, 0) is 18.6 Å². The number of benzene rings is 1. The molecule has 0 atom stereocenters. The minimum absolute atomic E-state index is 0.329. The largest absolute Gasteiger partial charge is 0.497 e. The van der Waals surface area contributed by atoms with Gasteiger partial charge >= 0.3 is 0 Å². The Morgan fingerprint density at radius 1 is 1.47 bits per heavy atom. The van der Waals surface area contributed by atoms with Gasteiger partial charge in [0, 0.05) is 24.7 Å². The summed E-state index contributed by atoms with van der Waals surface area (Å²) in [5.74, 6) is 2.05. The Kier molecular flexibility index (Phi) is 4.85. The number of hydrogen-bond donors (Lipinski definition) is 1. The molecule has 1 aromatic carbocycles. The Hall–Kier alpha value is -1.49. The molecule has 4 nitrogen and oxygen atoms in total. The summed E-state index contributed by atoms with van der Waals surface area (Å²) in [6.45, 7) is 1.90. The van der Waals surface area contributed by atoms with Crippen molar-refractivity contribution in [2.24, 2.45) is 0 Å². The van der Waals surface area contributed by atoms with E-state index in [1.807, 2.05) is 25.1 Å². The summed E-state index contributed by atoms with van der Waals surface area (Å²) in [4.78, 5) is 18.9. The first-order valence-corrected chi connectivity index (χ1v) is 7.39. The third-order valence-electron chi connectivity index (χ3n) is 2.90. The van der Waals surface area contributed by atoms with Crippen molar-refractivity contribution in [1.29, 1.82) is 0 Å². The van der Waals surface area contributed by atoms with E-state index in [-0.39, 0.29) is 0 Å². The number of aromatic nitrogens is 2. The lowest BCUT2D eigenvalue weighted by Gasteiger charge is -1.97. The lowest BCUT2D eigenvalue weighted by molar-refractivity contribution is -0.118. The predicted octanol–water partition coefficient (Wildman–Crippen LogP) is 3.42. The first-order valence-electron chi connectivity index (χ1n) is 6.41. The van der Waals surface area contributed by atoms with Crippen LogP contribution in [0.15, 0.2) is 23.4 Å². The molecule has 0 spiro atoms. The Morgan fingerprint density at radius 3 is 3.05 bits per heavy atom. The van der Waals surface area contributed by atoms with Crippen molar-refractivity contribution in [3.63, 3.8) is 0 Å². The number of ether oxygens (including phenoxy) is 1. The average Bonchev–Trinajstić information content (AvgIpc) is 2.84. The van der Waals surface area contributed by atoms with Crippen molar-refractivity contribution in [2.45, 2.75) is 31.3 Å². The number of carbonyl (C=O) groups is 1. The van der Waals surface area contributed by atoms with Crippen LogP contribution in [0.3, 0.4) is 0 Å². The third-order valence-corrected chi connectivity index (χ3v) is 3.86. The number of thioether (sulfide) groups is 1. The van der Waals surface area contributed by atoms with Crippen LogP contribution in [-0.2, 0) is 4.79 Å². The molecule has 0 aliphatic heterocycles. The highest BCUT2D eigenvalue weighted by Gasteiger charge is 2.05. The van der Waals surface area contributed by atoms with E-state index in [1.165, 1.54) is 0 Å². The van der Waals surface area contributed by atoms with Gasteiger partial charge in [0.05, 0.1) is 18.1 Å². The molecule has 0 saturated carbocycles. The summed E-state index contributed by atoms with van der Waals surface area (Å²) >= 11 is 1.65. The van der Waals surface area contributed by atoms with Crippen molar-refractivity contribution >= 4 is 28.6 Å². The number of H-pyrrole nitrogens is 1. The normalized spacial score (nSPS) is 10.8. The van der Waals surface area contributed by atoms with E-state index in [0.29, 0.717) is 18.6 Å². The van der Waals surface area contributed by atoms with E-state index < -0.39 is 0 Å². The molecule has 0 saturated heterocycles. The van der Waals surface area contributed by atoms with Gasteiger partial charge in [-0.15, -0.1) is 0 Å². The summed E-state index contributed by atoms with van der Waals surface area (Å²) in [7, 11) is 1.65. The van der Waals surface area contributed by atoms with Crippen LogP contribution >= 0.6 is 11.8 Å². The van der Waals surface area contributed by atoms with Crippen molar-refractivity contribution in [1.82, 2.24) is 9.97 Å². The van der Waals surface area contributed by atoms with E-state index >= 15 is 0 Å². The van der Waals surface area contributed by atoms with Crippen molar-refractivity contribution < 1.29 is 9.53 Å². The van der Waals surface area contributed by atoms with Gasteiger partial charge in [0.2, 0.25) is 0 Å². The maximum absolute atomic E-state index is 11.2. The minimum atomic E-state index is 0.329. The van der Waals surface area contributed by atoms with Crippen LogP contribution < -0.4 is 4.74 Å². The Morgan fingerprint density at radius 2 is 2.32 bits per heavy atom. The lowest BCUT2D eigenvalue weighted by atomic mass is 10.2. The highest BCUT2D eigenvalue weighted by atomic mass is 32.2. The number of nitrogens with one attached hydrogen (secondary N) is 1. The molecule has 0 fully saturated rings. The summed E-state index contributed by atoms with van der Waals surface area (Å²) in [5, 5.41) is 0.896. The molecule has 0 radical (unpaired) electrons. The van der Waals surface area contributed by atoms with Gasteiger partial charge in [-0.1, -0.05) is 18.7 Å². The van der Waals surface area contributed by atoms with Crippen LogP contribution in [0.4, 0.5) is 0 Å². The zero-order valence-electron chi connectivity index (χ0n) is 11.2. The molecule has 0 aliphatic carbocycles. The second-order valence-electron chi connectivity index (χ2n) is 4.27. The first kappa shape index (κ1) is 13.9. The Balaban J connectivity index is 1.92. The van der Waals surface area contributed by atoms with E-state index in [9.17, 15) is 4.79 Å². The molecule has 102 valence electrons. The fourth-order valence-electron chi connectivity index (χ4n) is 1.78. The van der Waals surface area contributed by atoms with Crippen molar-refractivity contribution in [2.75, 3.05) is 12.9 Å². The second kappa shape index (κ2) is 6.61. The molecule has 1 aromatic heterocycles. The zero-order chi connectivity index (χ0) is 13.7. The smallest absolute Gasteiger partial charge is 0.166 e. The van der Waals surface area contributed by atoms with Crippen molar-refractivity contribution in [3.8, 4) is 5.75 Å². The number of fused-ring (bicyclic) bond motifs is 1. The maximum Gasteiger partial charge on any atom is 0.166 e. The van der Waals surface area contributed by atoms with Crippen LogP contribution in [0, 0.1) is 0 Å². The minimum Gasteiger partial charge on any atom is -0.497 e. The van der Waals surface area contributed by atoms with Gasteiger partial charge in [0.25, 0.3) is 0 Å². The molecule has 1 N–H and O–H groups in total. The van der Waals surface area contributed by atoms with E-state index in [0.717, 1.165) is 34.1 Å². The van der Waals surface area contributed by atoms with Crippen molar-refractivity contribution in [3.05, 3.63) is 18.2 Å². The van der Waals surface area contributed by atoms with E-state index in [4.69, 9.17) is 4.74 Å². The number of methoxy groups -OCH3 is 1. The van der Waals surface area contributed by atoms with Crippen LogP contribution in [-0.4, -0.2) is 28.6 Å². The van der Waals surface area contributed by atoms with Gasteiger partial charge in [0.1, 0.15) is 11.5 Å². The zero-order valence-corrected chi connectivity index (χ0v) is 12.0. The molecule has 0 amide bonds. The van der Waals surface area contributed by atoms with Crippen LogP contribution in [0.5, 0.6) is 5.75 Å². The molecular weight excluding hydrogens is 260 g/mol. The molecule has 5 heteroatoms. The van der Waals surface area contributed by atoms with Crippen LogP contribution in [0.25, 0.3) is 11.0 Å². The number of hydrogen-bond acceptors (Lipinski definition) is 4. The quantitative estimate of drug-likeness (QED) is 0.623. The number of aromatic amines is 1. The summed E-state index contributed by atoms with van der Waals surface area (Å²) in [5.41, 5.74) is 1.92. The molecule has 1 heterocycles. The molecule has 19 heavy (non-hydrogen) atoms. The summed E-state index contributed by atoms with van der Waals surface area (Å²) in [6, 6.07) is 5.78. The second-order valence-corrected chi connectivity index (χ2v) is 5.35. The maximum atomic E-state index is 11.2. The number of imidazole rings is 1. The summed E-state index contributed by atoms with van der Waals surface area (Å²) in [6.07, 6.45) is 2.20. The monoisotopic (exact) mass is 278 g/mol. The van der Waals surface area contributed by atoms with Crippen LogP contribution in [0.2, 0.25) is 0 Å². The highest BCUT2D eigenvalue weighted by molar-refractivity contribution is 7.99. The number of carbonyl (C=O) groups excluding carboxylic acids is 1. The number of Topliss-reactive ketones (excluding diaryl/α,β-unsaturated/α-hetero) is 1. The molecule has 2 rings (SSSR count). The first-order chi connectivity index (χ1) is 9.22. The fraction of sp³-hybridized carbons (Fsp3) is 0.429. The van der Waals surface area contributed by atoms with Crippen LogP contribution in [0.1, 0.15) is 26.2 Å². The Labute approximate surface area is 116 Å². The van der Waals surface area contributed by atoms with Gasteiger partial charge < -0.3 is 9.72 Å². The summed E-state index contributed by atoms with van der Waals surface area (Å²) < 4.78 is 5.18. The molecule has 0 bridgehead atoms. The molecular formula is C14H18N2O2S. The van der Waals surface area contributed by atoms with E-state index in [1.54, 1.807) is 18.9 Å². The van der Waals surface area contributed by atoms with Gasteiger partial charge in [-0.25, -0.2) is 4.98 Å². The Bertz CT molecular complexity index is 566. The lowest BCUT2D eigenvalue weighted by Crippen LogP contribution is -1.95. The van der Waals surface area contributed by atoms with E-state index in [2.05, 4.69) is 9.97 Å². The number of nitrogens with zero attached hydrogens (tertiary/aromatic N) is 1.